The van der Waals surface area contributed by atoms with E-state index in [1.54, 1.807) is 12.3 Å². The highest BCUT2D eigenvalue weighted by Gasteiger charge is 2.21. The van der Waals surface area contributed by atoms with Crippen LogP contribution in [0.4, 0.5) is 0 Å². The summed E-state index contributed by atoms with van der Waals surface area (Å²) in [5.41, 5.74) is 11.3. The molecule has 0 fully saturated rings. The number of rotatable bonds is 12. The molecule has 10 heteroatoms. The Hall–Kier alpha value is -3.14. The average molecular weight is 480 g/mol. The molecule has 9 nitrogen and oxygen atoms in total. The predicted octanol–water partition coefficient (Wildman–Crippen LogP) is 1.14. The van der Waals surface area contributed by atoms with Crippen LogP contribution in [0.15, 0.2) is 57.7 Å². The molecule has 0 bridgehead atoms. The topological polar surface area (TPSA) is 151 Å². The highest BCUT2D eigenvalue weighted by Crippen LogP contribution is 2.13. The number of halogens is 1. The molecule has 0 aliphatic carbocycles. The van der Waals surface area contributed by atoms with E-state index in [-0.39, 0.29) is 24.5 Å². The summed E-state index contributed by atoms with van der Waals surface area (Å²) in [6.07, 6.45) is 5.45. The van der Waals surface area contributed by atoms with E-state index in [2.05, 4.69) is 26.2 Å². The molecule has 0 saturated carbocycles. The van der Waals surface area contributed by atoms with Crippen LogP contribution in [0.3, 0.4) is 0 Å². The van der Waals surface area contributed by atoms with Crippen LogP contribution in [-0.2, 0) is 20.9 Å². The number of allylic oxidation sites excluding steroid dienone is 2. The fraction of sp³-hybridized carbons (Fsp3) is 0.300. The third-order valence-electron chi connectivity index (χ3n) is 3.88. The van der Waals surface area contributed by atoms with Crippen molar-refractivity contribution in [1.29, 1.82) is 0 Å². The number of carboxylic acids is 1. The van der Waals surface area contributed by atoms with Gasteiger partial charge in [0, 0.05) is 24.6 Å². The lowest BCUT2D eigenvalue weighted by atomic mass is 10.1. The lowest BCUT2D eigenvalue weighted by Crippen LogP contribution is -2.41. The first-order valence-corrected chi connectivity index (χ1v) is 9.89. The zero-order valence-corrected chi connectivity index (χ0v) is 18.2. The number of hydrogen-bond acceptors (Lipinski definition) is 5. The van der Waals surface area contributed by atoms with Crippen molar-refractivity contribution in [1.82, 2.24) is 10.2 Å². The number of amides is 1. The van der Waals surface area contributed by atoms with Gasteiger partial charge in [-0.25, -0.2) is 4.79 Å². The predicted molar refractivity (Wildman–Crippen MR) is 118 cm³/mol. The molecular formula is C20H26BrN5O4. The number of carbonyl (C=O) groups excluding carboxylic acids is 2. The van der Waals surface area contributed by atoms with Gasteiger partial charge in [-0.1, -0.05) is 28.1 Å². The van der Waals surface area contributed by atoms with Gasteiger partial charge in [-0.15, -0.1) is 0 Å². The number of aliphatic imine (C=N–C) groups is 1. The van der Waals surface area contributed by atoms with E-state index in [4.69, 9.17) is 11.5 Å². The fourth-order valence-corrected chi connectivity index (χ4v) is 2.89. The van der Waals surface area contributed by atoms with Crippen molar-refractivity contribution in [2.45, 2.75) is 25.4 Å². The van der Waals surface area contributed by atoms with Crippen LogP contribution in [0.25, 0.3) is 0 Å². The molecule has 0 saturated heterocycles. The second-order valence-corrected chi connectivity index (χ2v) is 7.36. The van der Waals surface area contributed by atoms with Crippen LogP contribution in [0, 0.1) is 0 Å². The van der Waals surface area contributed by atoms with Gasteiger partial charge in [0.15, 0.2) is 12.2 Å². The van der Waals surface area contributed by atoms with Gasteiger partial charge in [0.1, 0.15) is 6.04 Å². The molecule has 6 N–H and O–H groups in total. The Balaban J connectivity index is 2.66. The first-order chi connectivity index (χ1) is 14.2. The maximum Gasteiger partial charge on any atom is 0.326 e. The number of guanidine groups is 1. The van der Waals surface area contributed by atoms with Gasteiger partial charge in [-0.05, 0) is 48.9 Å². The van der Waals surface area contributed by atoms with Crippen LogP contribution >= 0.6 is 15.9 Å². The number of nitrogens with two attached hydrogens (primary N) is 2. The number of hydrogen-bond donors (Lipinski definition) is 4. The number of carbonyl (C=O) groups is 3. The minimum Gasteiger partial charge on any atom is -0.480 e. The molecule has 0 aromatic heterocycles. The Morgan fingerprint density at radius 1 is 1.37 bits per heavy atom. The van der Waals surface area contributed by atoms with Gasteiger partial charge in [-0.2, -0.15) is 0 Å². The third kappa shape index (κ3) is 9.87. The summed E-state index contributed by atoms with van der Waals surface area (Å²) < 4.78 is 0.975. The summed E-state index contributed by atoms with van der Waals surface area (Å²) in [7, 11) is 1.85. The molecule has 0 radical (unpaired) electrons. The minimum absolute atomic E-state index is 0.0891. The fourth-order valence-electron chi connectivity index (χ4n) is 2.44. The summed E-state index contributed by atoms with van der Waals surface area (Å²) in [6.45, 7) is 0.870. The SMILES string of the molecule is CN(/C=C\C=C(/C=O)C(=O)NC(CCCN=C(N)N)C(=O)O)Cc1cccc(Br)c1. The van der Waals surface area contributed by atoms with E-state index in [1.165, 1.54) is 6.08 Å². The largest absolute Gasteiger partial charge is 0.480 e. The normalized spacial score (nSPS) is 12.3. The number of nitrogens with zero attached hydrogens (tertiary/aromatic N) is 2. The van der Waals surface area contributed by atoms with E-state index in [9.17, 15) is 19.5 Å². The van der Waals surface area contributed by atoms with Gasteiger partial charge in [0.05, 0.1) is 5.57 Å². The molecular weight excluding hydrogens is 454 g/mol. The highest BCUT2D eigenvalue weighted by atomic mass is 79.9. The Morgan fingerprint density at radius 2 is 2.10 bits per heavy atom. The van der Waals surface area contributed by atoms with Crippen molar-refractivity contribution in [2.75, 3.05) is 13.6 Å². The van der Waals surface area contributed by atoms with Crippen molar-refractivity contribution >= 4 is 40.1 Å². The van der Waals surface area contributed by atoms with Crippen LogP contribution in [0.2, 0.25) is 0 Å². The van der Waals surface area contributed by atoms with E-state index >= 15 is 0 Å². The third-order valence-corrected chi connectivity index (χ3v) is 4.37. The van der Waals surface area contributed by atoms with Gasteiger partial charge in [0.25, 0.3) is 5.91 Å². The van der Waals surface area contributed by atoms with Crippen molar-refractivity contribution in [3.05, 3.63) is 58.2 Å². The van der Waals surface area contributed by atoms with Gasteiger partial charge in [-0.3, -0.25) is 14.6 Å². The van der Waals surface area contributed by atoms with Crippen molar-refractivity contribution in [3.63, 3.8) is 0 Å². The highest BCUT2D eigenvalue weighted by molar-refractivity contribution is 9.10. The second kappa shape index (κ2) is 13.2. The number of aliphatic carboxylic acids is 1. The quantitative estimate of drug-likeness (QED) is 0.0512. The molecule has 1 atom stereocenters. The average Bonchev–Trinajstić information content (AvgIpc) is 2.67. The Bertz CT molecular complexity index is 834. The summed E-state index contributed by atoms with van der Waals surface area (Å²) in [5, 5.41) is 11.6. The van der Waals surface area contributed by atoms with Crippen LogP contribution in [-0.4, -0.2) is 53.8 Å². The zero-order chi connectivity index (χ0) is 22.5. The zero-order valence-electron chi connectivity index (χ0n) is 16.6. The number of carboxylic acid groups (broad SMARTS) is 1. The van der Waals surface area contributed by atoms with E-state index in [1.807, 2.05) is 36.2 Å². The molecule has 1 aromatic rings. The number of aldehydes is 1. The lowest BCUT2D eigenvalue weighted by Gasteiger charge is -2.14. The lowest BCUT2D eigenvalue weighted by molar-refractivity contribution is -0.141. The van der Waals surface area contributed by atoms with Crippen molar-refractivity contribution in [3.8, 4) is 0 Å². The molecule has 30 heavy (non-hydrogen) atoms. The Kier molecular flexibility index (Phi) is 10.9. The monoisotopic (exact) mass is 479 g/mol. The summed E-state index contributed by atoms with van der Waals surface area (Å²) >= 11 is 3.42. The van der Waals surface area contributed by atoms with Crippen molar-refractivity contribution < 1.29 is 19.5 Å². The van der Waals surface area contributed by atoms with Crippen LogP contribution in [0.1, 0.15) is 18.4 Å². The van der Waals surface area contributed by atoms with Gasteiger partial charge in [0.2, 0.25) is 0 Å². The Morgan fingerprint density at radius 3 is 2.70 bits per heavy atom. The van der Waals surface area contributed by atoms with E-state index in [0.717, 1.165) is 10.0 Å². The van der Waals surface area contributed by atoms with Crippen molar-refractivity contribution in [2.24, 2.45) is 16.5 Å². The van der Waals surface area contributed by atoms with E-state index in [0.29, 0.717) is 19.3 Å². The molecule has 1 unspecified atom stereocenters. The van der Waals surface area contributed by atoms with Gasteiger partial charge < -0.3 is 26.8 Å². The minimum atomic E-state index is -1.21. The molecule has 0 aliphatic rings. The van der Waals surface area contributed by atoms with Gasteiger partial charge >= 0.3 is 5.97 Å². The molecule has 162 valence electrons. The second-order valence-electron chi connectivity index (χ2n) is 6.44. The maximum atomic E-state index is 12.2. The molecule has 0 heterocycles. The molecule has 0 spiro atoms. The number of nitrogens with one attached hydrogen (secondary N) is 1. The smallest absolute Gasteiger partial charge is 0.326 e. The summed E-state index contributed by atoms with van der Waals surface area (Å²) in [4.78, 5) is 40.5. The summed E-state index contributed by atoms with van der Waals surface area (Å²) in [6, 6.07) is 6.68. The maximum absolute atomic E-state index is 12.2. The van der Waals surface area contributed by atoms with E-state index < -0.39 is 17.9 Å². The van der Waals surface area contributed by atoms with Crippen LogP contribution in [0.5, 0.6) is 0 Å². The molecule has 1 aromatic carbocycles. The number of benzene rings is 1. The standard InChI is InChI=1S/C20H26BrN5O4/c1-26(12-14-5-2-7-16(21)11-14)10-4-6-15(13-27)18(28)25-17(19(29)30)8-3-9-24-20(22)23/h2,4-7,10-11,13,17H,3,8-9,12H2,1H3,(H,25,28)(H,29,30)(H4,22,23,24)/b10-4-,15-6+. The Labute approximate surface area is 183 Å². The summed E-state index contributed by atoms with van der Waals surface area (Å²) in [5.74, 6) is -2.06. The van der Waals surface area contributed by atoms with Crippen LogP contribution < -0.4 is 16.8 Å². The first-order valence-electron chi connectivity index (χ1n) is 9.10. The molecule has 0 aliphatic heterocycles. The molecule has 1 amide bonds. The molecule has 1 rings (SSSR count). The first kappa shape index (κ1) is 24.9.